The summed E-state index contributed by atoms with van der Waals surface area (Å²) in [6.45, 7) is 8.32. The molecule has 4 nitrogen and oxygen atoms in total. The predicted molar refractivity (Wildman–Crippen MR) is 99.4 cm³/mol. The molecule has 0 aliphatic rings. The Balaban J connectivity index is 2.09. The second kappa shape index (κ2) is 8.37. The number of ether oxygens (including phenoxy) is 2. The lowest BCUT2D eigenvalue weighted by Crippen LogP contribution is -2.19. The summed E-state index contributed by atoms with van der Waals surface area (Å²) in [5.41, 5.74) is 2.19. The molecule has 0 bridgehead atoms. The van der Waals surface area contributed by atoms with Crippen LogP contribution in [0.25, 0.3) is 0 Å². The van der Waals surface area contributed by atoms with Gasteiger partial charge in [-0.3, -0.25) is 0 Å². The van der Waals surface area contributed by atoms with Crippen LogP contribution in [0.15, 0.2) is 48.5 Å². The topological polar surface area (TPSA) is 58.9 Å². The lowest BCUT2D eigenvalue weighted by Gasteiger charge is -2.26. The maximum Gasteiger partial charge on any atom is 0.119 e. The largest absolute Gasteiger partial charge is 0.491 e. The minimum absolute atomic E-state index is 0.161. The molecule has 0 radical (unpaired) electrons. The third kappa shape index (κ3) is 5.48. The minimum Gasteiger partial charge on any atom is -0.491 e. The molecule has 0 aliphatic heterocycles. The van der Waals surface area contributed by atoms with Crippen molar-refractivity contribution in [2.45, 2.75) is 45.3 Å². The fraction of sp³-hybridized carbons (Fsp3) is 0.429. The standard InChI is InChI=1S/C21H28O4/c1-15(22)13-24-19-9-5-17(6-10-19)21(3,4)18-7-11-20(12-8-18)25-14-16(2)23/h5-12,15-16,22-23H,13-14H2,1-4H3/i5+1,6+1,7+1,8+1,9+1,10+1,11+1,12+1,17+1,18+1,19+1,20+1. The smallest absolute Gasteiger partial charge is 0.119 e. The summed E-state index contributed by atoms with van der Waals surface area (Å²) in [6.07, 6.45) is -0.962. The van der Waals surface area contributed by atoms with Gasteiger partial charge in [0, 0.05) is 5.41 Å². The zero-order chi connectivity index (χ0) is 18.4. The van der Waals surface area contributed by atoms with E-state index >= 15 is 0 Å². The van der Waals surface area contributed by atoms with E-state index in [1.807, 2.05) is 24.3 Å². The van der Waals surface area contributed by atoms with E-state index in [1.165, 1.54) is 11.1 Å². The molecular formula is C21H28O4. The highest BCUT2D eigenvalue weighted by Gasteiger charge is 2.23. The summed E-state index contributed by atoms with van der Waals surface area (Å²) in [5.74, 6) is 1.50. The molecule has 0 aliphatic carbocycles. The van der Waals surface area contributed by atoms with Crippen LogP contribution in [0.1, 0.15) is 38.8 Å². The zero-order valence-electron chi connectivity index (χ0n) is 15.4. The number of aliphatic hydroxyl groups is 2. The molecule has 2 aromatic carbocycles. The molecule has 0 spiro atoms. The summed E-state index contributed by atoms with van der Waals surface area (Å²) in [5, 5.41) is 18.6. The van der Waals surface area contributed by atoms with Gasteiger partial charge in [0.15, 0.2) is 0 Å². The highest BCUT2D eigenvalue weighted by Crippen LogP contribution is 2.33. The van der Waals surface area contributed by atoms with Gasteiger partial charge in [-0.1, -0.05) is 38.1 Å². The predicted octanol–water partition coefficient (Wildman–Crippen LogP) is 3.53. The monoisotopic (exact) mass is 356 g/mol. The van der Waals surface area contributed by atoms with Crippen molar-refractivity contribution in [2.75, 3.05) is 13.2 Å². The van der Waals surface area contributed by atoms with Gasteiger partial charge >= 0.3 is 0 Å². The van der Waals surface area contributed by atoms with E-state index in [-0.39, 0.29) is 18.6 Å². The van der Waals surface area contributed by atoms with Crippen LogP contribution >= 0.6 is 0 Å². The van der Waals surface area contributed by atoms with Crippen molar-refractivity contribution < 1.29 is 19.7 Å². The molecule has 0 saturated carbocycles. The summed E-state index contributed by atoms with van der Waals surface area (Å²) >= 11 is 0. The van der Waals surface area contributed by atoms with Crippen molar-refractivity contribution in [1.29, 1.82) is 0 Å². The lowest BCUT2D eigenvalue weighted by atomic mass is 10.1. The fourth-order valence-corrected chi connectivity index (χ4v) is 2.54. The highest BCUT2D eigenvalue weighted by atomic mass is 16.6. The van der Waals surface area contributed by atoms with Crippen LogP contribution in [0.5, 0.6) is 11.5 Å². The van der Waals surface area contributed by atoms with Crippen molar-refractivity contribution >= 4 is 0 Å². The summed E-state index contributed by atoms with van der Waals surface area (Å²) < 4.78 is 11.0. The lowest BCUT2D eigenvalue weighted by molar-refractivity contribution is 0.122. The molecule has 2 rings (SSSR count). The van der Waals surface area contributed by atoms with Crippen molar-refractivity contribution in [3.63, 3.8) is 0 Å². The van der Waals surface area contributed by atoms with E-state index in [4.69, 9.17) is 9.47 Å². The third-order valence-electron chi connectivity index (χ3n) is 4.13. The van der Waals surface area contributed by atoms with Crippen LogP contribution in [0, 0.1) is 0 Å². The molecule has 25 heavy (non-hydrogen) atoms. The first-order chi connectivity index (χ1) is 11.8. The van der Waals surface area contributed by atoms with Gasteiger partial charge < -0.3 is 19.7 Å². The molecule has 0 heterocycles. The van der Waals surface area contributed by atoms with Gasteiger partial charge in [-0.15, -0.1) is 0 Å². The van der Waals surface area contributed by atoms with Crippen LogP contribution in [0.3, 0.4) is 0 Å². The molecule has 2 atom stereocenters. The maximum atomic E-state index is 9.29. The average Bonchev–Trinajstić information content (AvgIpc) is 2.59. The Morgan fingerprint density at radius 1 is 0.720 bits per heavy atom. The number of benzene rings is 2. The van der Waals surface area contributed by atoms with Crippen molar-refractivity contribution in [3.8, 4) is 11.5 Å². The van der Waals surface area contributed by atoms with Crippen molar-refractivity contribution in [1.82, 2.24) is 0 Å². The Morgan fingerprint density at radius 2 is 1.04 bits per heavy atom. The van der Waals surface area contributed by atoms with Gasteiger partial charge in [-0.25, -0.2) is 0 Å². The summed E-state index contributed by atoms with van der Waals surface area (Å²) in [4.78, 5) is 0. The first-order valence-corrected chi connectivity index (χ1v) is 8.62. The van der Waals surface area contributed by atoms with Gasteiger partial charge in [0.2, 0.25) is 0 Å². The van der Waals surface area contributed by atoms with E-state index in [2.05, 4.69) is 38.1 Å². The van der Waals surface area contributed by atoms with Crippen LogP contribution in [0.4, 0.5) is 0 Å². The Hall–Kier alpha value is -2.04. The first-order valence-electron chi connectivity index (χ1n) is 8.62. The maximum absolute atomic E-state index is 9.29. The van der Waals surface area contributed by atoms with Gasteiger partial charge in [0.1, 0.15) is 24.7 Å². The van der Waals surface area contributed by atoms with Crippen molar-refractivity contribution in [3.05, 3.63) is 59.7 Å². The van der Waals surface area contributed by atoms with Gasteiger partial charge in [0.05, 0.1) is 12.2 Å². The quantitative estimate of drug-likeness (QED) is 0.760. The van der Waals surface area contributed by atoms with Crippen LogP contribution < -0.4 is 9.47 Å². The second-order valence-electron chi connectivity index (χ2n) is 6.99. The Bertz CT molecular complexity index is 585. The molecule has 0 aromatic heterocycles. The van der Waals surface area contributed by atoms with E-state index in [1.54, 1.807) is 13.8 Å². The van der Waals surface area contributed by atoms with Crippen LogP contribution in [0.2, 0.25) is 0 Å². The molecular weight excluding hydrogens is 328 g/mol. The van der Waals surface area contributed by atoms with Gasteiger partial charge in [0.25, 0.3) is 0 Å². The highest BCUT2D eigenvalue weighted by molar-refractivity contribution is 5.41. The minimum atomic E-state index is -0.481. The summed E-state index contributed by atoms with van der Waals surface area (Å²) in [7, 11) is 0. The molecule has 0 saturated heterocycles. The number of hydrogen-bond acceptors (Lipinski definition) is 4. The van der Waals surface area contributed by atoms with E-state index < -0.39 is 12.2 Å². The Kier molecular flexibility index (Phi) is 6.45. The molecule has 2 aromatic rings. The van der Waals surface area contributed by atoms with Crippen LogP contribution in [-0.4, -0.2) is 35.6 Å². The fourth-order valence-electron chi connectivity index (χ4n) is 2.54. The molecule has 4 heteroatoms. The van der Waals surface area contributed by atoms with Crippen molar-refractivity contribution in [2.24, 2.45) is 0 Å². The van der Waals surface area contributed by atoms with Crippen LogP contribution in [-0.2, 0) is 5.41 Å². The van der Waals surface area contributed by atoms with E-state index in [0.717, 1.165) is 11.5 Å². The number of rotatable bonds is 8. The molecule has 2 N–H and O–H groups in total. The number of hydrogen-bond donors (Lipinski definition) is 2. The Labute approximate surface area is 150 Å². The molecule has 2 unspecified atom stereocenters. The van der Waals surface area contributed by atoms with E-state index in [0.29, 0.717) is 0 Å². The van der Waals surface area contributed by atoms with Gasteiger partial charge in [-0.05, 0) is 49.2 Å². The SMILES string of the molecule is CC(O)CO[13c]1[13cH][13cH][13c](C(C)(C)[13c]2[13cH][13cH][13c](OCC(C)O)[13cH][13cH]2)[13cH][13cH]1. The van der Waals surface area contributed by atoms with Gasteiger partial charge in [-0.2, -0.15) is 0 Å². The molecule has 136 valence electrons. The number of aliphatic hydroxyl groups excluding tert-OH is 2. The zero-order valence-corrected chi connectivity index (χ0v) is 15.4. The second-order valence-corrected chi connectivity index (χ2v) is 6.99. The normalized spacial score (nSPS) is 14.0. The summed E-state index contributed by atoms with van der Waals surface area (Å²) in [6, 6.07) is 15.9. The molecule has 0 fully saturated rings. The average molecular weight is 356 g/mol. The molecule has 0 amide bonds. The Morgan fingerprint density at radius 3 is 1.32 bits per heavy atom. The first kappa shape index (κ1) is 19.3. The third-order valence-corrected chi connectivity index (χ3v) is 4.13. The van der Waals surface area contributed by atoms with E-state index in [9.17, 15) is 10.2 Å².